The van der Waals surface area contributed by atoms with Crippen LogP contribution in [-0.2, 0) is 31.9 Å². The first-order valence-corrected chi connectivity index (χ1v) is 8.30. The molecule has 0 aliphatic carbocycles. The first-order chi connectivity index (χ1) is 12.9. The van der Waals surface area contributed by atoms with E-state index >= 15 is 0 Å². The molecule has 2 atom stereocenters. The van der Waals surface area contributed by atoms with Gasteiger partial charge in [0, 0.05) is 27.1 Å². The maximum atomic E-state index is 12.3. The summed E-state index contributed by atoms with van der Waals surface area (Å²) in [7, 11) is 2.76. The second-order valence-corrected chi connectivity index (χ2v) is 5.93. The van der Waals surface area contributed by atoms with Crippen molar-refractivity contribution in [3.8, 4) is 11.5 Å². The number of carboxylic acid groups (broad SMARTS) is 1. The zero-order valence-electron chi connectivity index (χ0n) is 15.1. The van der Waals surface area contributed by atoms with Crippen molar-refractivity contribution in [1.82, 2.24) is 0 Å². The number of hydrogen-bond donors (Lipinski definition) is 2. The predicted octanol–water partition coefficient (Wildman–Crippen LogP) is 1.55. The van der Waals surface area contributed by atoms with Crippen LogP contribution in [0.2, 0.25) is 0 Å². The number of carbonyl (C=O) groups excluding carboxylic acids is 1. The Balaban J connectivity index is 0.00000392. The summed E-state index contributed by atoms with van der Waals surface area (Å²) in [6, 6.07) is 13.0. The Labute approximate surface area is 185 Å². The quantitative estimate of drug-likeness (QED) is 0.375. The molecule has 0 aromatic heterocycles. The number of hydrogen-bond acceptors (Lipinski definition) is 6. The van der Waals surface area contributed by atoms with Crippen molar-refractivity contribution in [2.75, 3.05) is 14.2 Å². The molecule has 2 N–H and O–H groups in total. The summed E-state index contributed by atoms with van der Waals surface area (Å²) in [6.45, 7) is 0. The Bertz CT molecular complexity index is 759. The number of esters is 1. The Hall–Kier alpha value is -1.90. The molecule has 0 spiro atoms. The third kappa shape index (κ3) is 7.26. The second kappa shape index (κ2) is 11.8. The van der Waals surface area contributed by atoms with Crippen molar-refractivity contribution in [1.29, 1.82) is 0 Å². The van der Waals surface area contributed by atoms with Crippen molar-refractivity contribution in [3.63, 3.8) is 0 Å². The van der Waals surface area contributed by atoms with E-state index < -0.39 is 24.1 Å². The number of rotatable bonds is 9. The molecule has 2 aromatic carbocycles. The van der Waals surface area contributed by atoms with Crippen LogP contribution in [0.3, 0.4) is 0 Å². The fraction of sp³-hybridized carbons (Fsp3) is 0.300. The number of ether oxygens (including phenoxy) is 3. The first kappa shape index (κ1) is 24.1. The van der Waals surface area contributed by atoms with E-state index in [9.17, 15) is 14.7 Å². The fourth-order valence-electron chi connectivity index (χ4n) is 2.47. The predicted molar refractivity (Wildman–Crippen MR) is 104 cm³/mol. The summed E-state index contributed by atoms with van der Waals surface area (Å²) < 4.78 is 15.5. The molecule has 0 fully saturated rings. The third-order valence-electron chi connectivity index (χ3n) is 4.03. The molecule has 8 heteroatoms. The summed E-state index contributed by atoms with van der Waals surface area (Å²) in [4.78, 5) is 23.3. The van der Waals surface area contributed by atoms with Gasteiger partial charge in [-0.05, 0) is 35.4 Å². The summed E-state index contributed by atoms with van der Waals surface area (Å²) in [5, 5.41) is 18.3. The van der Waals surface area contributed by atoms with Gasteiger partial charge in [-0.1, -0.05) is 24.3 Å². The van der Waals surface area contributed by atoms with E-state index in [1.807, 2.05) is 0 Å². The Morgan fingerprint density at radius 1 is 0.857 bits per heavy atom. The molecule has 0 radical (unpaired) electrons. The van der Waals surface area contributed by atoms with E-state index in [1.54, 1.807) is 36.4 Å². The van der Waals surface area contributed by atoms with Gasteiger partial charge in [0.25, 0.3) is 0 Å². The molecule has 0 aliphatic rings. The van der Waals surface area contributed by atoms with Crippen molar-refractivity contribution < 1.29 is 34.0 Å². The van der Waals surface area contributed by atoms with Gasteiger partial charge in [0.2, 0.25) is 0 Å². The van der Waals surface area contributed by atoms with Crippen LogP contribution in [0.4, 0.5) is 0 Å². The molecule has 0 bridgehead atoms. The van der Waals surface area contributed by atoms with Gasteiger partial charge in [-0.2, -0.15) is 0 Å². The van der Waals surface area contributed by atoms with E-state index in [2.05, 4.69) is 0 Å². The number of methoxy groups -OCH3 is 2. The summed E-state index contributed by atoms with van der Waals surface area (Å²) in [5.74, 6) is -1.10. The van der Waals surface area contributed by atoms with E-state index in [0.29, 0.717) is 12.2 Å². The van der Waals surface area contributed by atoms with Crippen LogP contribution >= 0.6 is 0 Å². The SMILES string of the molecule is COC(Cc1ccc(OC(=O)C(Cc2ccc(O)cc2)OC)cc1)C(=O)O.[NaH]. The van der Waals surface area contributed by atoms with Crippen LogP contribution in [0.25, 0.3) is 0 Å². The Morgan fingerprint density at radius 3 is 1.79 bits per heavy atom. The zero-order chi connectivity index (χ0) is 19.8. The molecule has 146 valence electrons. The summed E-state index contributed by atoms with van der Waals surface area (Å²) >= 11 is 0. The van der Waals surface area contributed by atoms with Crippen LogP contribution < -0.4 is 4.74 Å². The van der Waals surface area contributed by atoms with Crippen molar-refractivity contribution >= 4 is 41.5 Å². The second-order valence-electron chi connectivity index (χ2n) is 5.93. The van der Waals surface area contributed by atoms with Gasteiger partial charge in [-0.3, -0.25) is 0 Å². The molecular formula is C20H23NaO7. The minimum absolute atomic E-state index is 0. The third-order valence-corrected chi connectivity index (χ3v) is 4.03. The molecule has 0 amide bonds. The van der Waals surface area contributed by atoms with Crippen molar-refractivity contribution in [2.45, 2.75) is 25.0 Å². The van der Waals surface area contributed by atoms with Crippen LogP contribution in [0.1, 0.15) is 11.1 Å². The van der Waals surface area contributed by atoms with Crippen LogP contribution in [0.15, 0.2) is 48.5 Å². The molecular weight excluding hydrogens is 375 g/mol. The average molecular weight is 398 g/mol. The summed E-state index contributed by atoms with van der Waals surface area (Å²) in [6.07, 6.45) is -1.20. The standard InChI is InChI=1S/C20H22O7.Na.H/c1-25-17(19(22)23)11-14-5-9-16(10-6-14)27-20(24)18(26-2)12-13-3-7-15(21)8-4-13;;/h3-10,17-18,21H,11-12H2,1-2H3,(H,22,23);;. The van der Waals surface area contributed by atoms with Gasteiger partial charge in [-0.15, -0.1) is 0 Å². The number of aromatic hydroxyl groups is 1. The number of phenols is 1. The van der Waals surface area contributed by atoms with Gasteiger partial charge in [-0.25, -0.2) is 9.59 Å². The Morgan fingerprint density at radius 2 is 1.32 bits per heavy atom. The maximum absolute atomic E-state index is 12.3. The van der Waals surface area contributed by atoms with E-state index in [-0.39, 0.29) is 41.7 Å². The number of phenolic OH excluding ortho intramolecular Hbond substituents is 1. The summed E-state index contributed by atoms with van der Waals surface area (Å²) in [5.41, 5.74) is 1.57. The normalized spacial score (nSPS) is 12.5. The van der Waals surface area contributed by atoms with E-state index in [1.165, 1.54) is 26.4 Å². The molecule has 0 saturated carbocycles. The molecule has 0 aliphatic heterocycles. The number of carbonyl (C=O) groups is 2. The minimum atomic E-state index is -1.04. The number of benzene rings is 2. The van der Waals surface area contributed by atoms with Crippen molar-refractivity contribution in [3.05, 3.63) is 59.7 Å². The molecule has 2 rings (SSSR count). The topological polar surface area (TPSA) is 102 Å². The van der Waals surface area contributed by atoms with Gasteiger partial charge in [0.05, 0.1) is 0 Å². The molecule has 0 heterocycles. The molecule has 2 unspecified atom stereocenters. The number of carboxylic acids is 1. The number of aliphatic carboxylic acids is 1. The first-order valence-electron chi connectivity index (χ1n) is 8.30. The molecule has 7 nitrogen and oxygen atoms in total. The van der Waals surface area contributed by atoms with Gasteiger partial charge in [0.1, 0.15) is 11.5 Å². The monoisotopic (exact) mass is 398 g/mol. The molecule has 0 saturated heterocycles. The Kier molecular flexibility index (Phi) is 10.2. The van der Waals surface area contributed by atoms with E-state index in [0.717, 1.165) is 11.1 Å². The molecule has 28 heavy (non-hydrogen) atoms. The van der Waals surface area contributed by atoms with Crippen molar-refractivity contribution in [2.24, 2.45) is 0 Å². The van der Waals surface area contributed by atoms with Crippen LogP contribution in [-0.4, -0.2) is 78.1 Å². The fourth-order valence-corrected chi connectivity index (χ4v) is 2.47. The van der Waals surface area contributed by atoms with E-state index in [4.69, 9.17) is 19.3 Å². The van der Waals surface area contributed by atoms with Gasteiger partial charge >= 0.3 is 41.5 Å². The molecule has 2 aromatic rings. The van der Waals surface area contributed by atoms with Gasteiger partial charge in [0.15, 0.2) is 12.2 Å². The average Bonchev–Trinajstić information content (AvgIpc) is 2.66. The van der Waals surface area contributed by atoms with Crippen LogP contribution in [0.5, 0.6) is 11.5 Å². The van der Waals surface area contributed by atoms with Crippen LogP contribution in [0, 0.1) is 0 Å². The zero-order valence-corrected chi connectivity index (χ0v) is 15.1. The van der Waals surface area contributed by atoms with Gasteiger partial charge < -0.3 is 24.4 Å².